The molecule has 2 aromatic carbocycles. The number of ether oxygens (including phenoxy) is 2. The topological polar surface area (TPSA) is 30.5 Å². The van der Waals surface area contributed by atoms with Gasteiger partial charge in [0, 0.05) is 18.7 Å². The standard InChI is InChI=1S/C22H31NO2/c1-2-24-14-15-25-22-13-12-19-10-6-7-11-20(19)21(22)17-23-16-18-8-4-3-5-9-18/h6-7,10-13,18,23H,2-5,8-9,14-17H2,1H3. The number of benzene rings is 2. The largest absolute Gasteiger partial charge is 0.491 e. The molecule has 0 heterocycles. The van der Waals surface area contributed by atoms with Gasteiger partial charge in [-0.1, -0.05) is 49.6 Å². The van der Waals surface area contributed by atoms with Gasteiger partial charge in [-0.05, 0) is 49.1 Å². The van der Waals surface area contributed by atoms with Crippen molar-refractivity contribution in [2.75, 3.05) is 26.4 Å². The lowest BCUT2D eigenvalue weighted by atomic mass is 9.89. The van der Waals surface area contributed by atoms with Gasteiger partial charge >= 0.3 is 0 Å². The first kappa shape index (κ1) is 18.2. The second-order valence-corrected chi connectivity index (χ2v) is 6.94. The lowest BCUT2D eigenvalue weighted by molar-refractivity contribution is 0.110. The Kier molecular flexibility index (Phi) is 7.13. The van der Waals surface area contributed by atoms with Crippen LogP contribution in [0.3, 0.4) is 0 Å². The van der Waals surface area contributed by atoms with Gasteiger partial charge in [-0.3, -0.25) is 0 Å². The molecule has 0 amide bonds. The van der Waals surface area contributed by atoms with Gasteiger partial charge < -0.3 is 14.8 Å². The molecule has 0 spiro atoms. The summed E-state index contributed by atoms with van der Waals surface area (Å²) in [4.78, 5) is 0. The predicted molar refractivity (Wildman–Crippen MR) is 104 cm³/mol. The summed E-state index contributed by atoms with van der Waals surface area (Å²) in [5, 5.41) is 6.25. The molecule has 0 radical (unpaired) electrons. The van der Waals surface area contributed by atoms with Crippen molar-refractivity contribution in [1.82, 2.24) is 5.32 Å². The molecule has 1 aliphatic carbocycles. The monoisotopic (exact) mass is 341 g/mol. The smallest absolute Gasteiger partial charge is 0.124 e. The highest BCUT2D eigenvalue weighted by molar-refractivity contribution is 5.87. The molecular formula is C22H31NO2. The third kappa shape index (κ3) is 5.20. The minimum absolute atomic E-state index is 0.599. The Morgan fingerprint density at radius 1 is 1.00 bits per heavy atom. The van der Waals surface area contributed by atoms with E-state index in [1.165, 1.54) is 48.4 Å². The first-order chi connectivity index (χ1) is 12.4. The summed E-state index contributed by atoms with van der Waals surface area (Å²) >= 11 is 0. The van der Waals surface area contributed by atoms with E-state index in [0.29, 0.717) is 13.2 Å². The maximum Gasteiger partial charge on any atom is 0.124 e. The third-order valence-electron chi connectivity index (χ3n) is 5.15. The molecule has 3 heteroatoms. The van der Waals surface area contributed by atoms with E-state index in [-0.39, 0.29) is 0 Å². The molecule has 0 aliphatic heterocycles. The molecule has 1 N–H and O–H groups in total. The summed E-state index contributed by atoms with van der Waals surface area (Å²) in [6.07, 6.45) is 6.96. The van der Waals surface area contributed by atoms with Crippen molar-refractivity contribution in [2.24, 2.45) is 5.92 Å². The van der Waals surface area contributed by atoms with E-state index in [9.17, 15) is 0 Å². The number of rotatable bonds is 9. The maximum atomic E-state index is 6.02. The van der Waals surface area contributed by atoms with Crippen LogP contribution in [-0.4, -0.2) is 26.4 Å². The molecular weight excluding hydrogens is 310 g/mol. The Morgan fingerprint density at radius 3 is 2.68 bits per heavy atom. The zero-order valence-electron chi connectivity index (χ0n) is 15.4. The molecule has 136 valence electrons. The van der Waals surface area contributed by atoms with Crippen molar-refractivity contribution in [2.45, 2.75) is 45.6 Å². The summed E-state index contributed by atoms with van der Waals surface area (Å²) in [5.41, 5.74) is 1.27. The molecule has 0 unspecified atom stereocenters. The van der Waals surface area contributed by atoms with Crippen molar-refractivity contribution in [1.29, 1.82) is 0 Å². The van der Waals surface area contributed by atoms with Gasteiger partial charge in [-0.15, -0.1) is 0 Å². The van der Waals surface area contributed by atoms with E-state index in [2.05, 4.69) is 41.7 Å². The molecule has 25 heavy (non-hydrogen) atoms. The van der Waals surface area contributed by atoms with Crippen molar-refractivity contribution in [3.8, 4) is 5.75 Å². The van der Waals surface area contributed by atoms with Gasteiger partial charge in [-0.2, -0.15) is 0 Å². The first-order valence-electron chi connectivity index (χ1n) is 9.80. The summed E-state index contributed by atoms with van der Waals surface area (Å²) in [7, 11) is 0. The van der Waals surface area contributed by atoms with Gasteiger partial charge in [-0.25, -0.2) is 0 Å². The zero-order chi connectivity index (χ0) is 17.3. The van der Waals surface area contributed by atoms with Crippen LogP contribution in [0.25, 0.3) is 10.8 Å². The Labute approximate surface area is 151 Å². The fraction of sp³-hybridized carbons (Fsp3) is 0.545. The normalized spacial score (nSPS) is 15.6. The van der Waals surface area contributed by atoms with E-state index in [0.717, 1.165) is 31.4 Å². The molecule has 1 fully saturated rings. The van der Waals surface area contributed by atoms with Crippen LogP contribution in [0.1, 0.15) is 44.6 Å². The Hall–Kier alpha value is -1.58. The molecule has 1 aliphatic rings. The Bertz CT molecular complexity index is 650. The lowest BCUT2D eigenvalue weighted by Gasteiger charge is -2.22. The molecule has 3 nitrogen and oxygen atoms in total. The van der Waals surface area contributed by atoms with Gasteiger partial charge in [0.05, 0.1) is 6.61 Å². The molecule has 0 aromatic heterocycles. The quantitative estimate of drug-likeness (QED) is 0.656. The van der Waals surface area contributed by atoms with Crippen LogP contribution < -0.4 is 10.1 Å². The summed E-state index contributed by atoms with van der Waals surface area (Å²) in [6, 6.07) is 12.8. The number of nitrogens with one attached hydrogen (secondary N) is 1. The molecule has 0 saturated heterocycles. The van der Waals surface area contributed by atoms with E-state index >= 15 is 0 Å². The summed E-state index contributed by atoms with van der Waals surface area (Å²) in [5.74, 6) is 1.82. The Balaban J connectivity index is 1.68. The van der Waals surface area contributed by atoms with Crippen molar-refractivity contribution in [3.05, 3.63) is 42.0 Å². The second kappa shape index (κ2) is 9.79. The van der Waals surface area contributed by atoms with Crippen LogP contribution in [0, 0.1) is 5.92 Å². The maximum absolute atomic E-state index is 6.02. The SMILES string of the molecule is CCOCCOc1ccc2ccccc2c1CNCC1CCCCC1. The summed E-state index contributed by atoms with van der Waals surface area (Å²) < 4.78 is 11.4. The second-order valence-electron chi connectivity index (χ2n) is 6.94. The van der Waals surface area contributed by atoms with Crippen LogP contribution in [0.5, 0.6) is 5.75 Å². The van der Waals surface area contributed by atoms with Crippen LogP contribution in [0.2, 0.25) is 0 Å². The number of hydrogen-bond acceptors (Lipinski definition) is 3. The van der Waals surface area contributed by atoms with E-state index in [1.807, 2.05) is 6.92 Å². The van der Waals surface area contributed by atoms with E-state index < -0.39 is 0 Å². The molecule has 0 bridgehead atoms. The van der Waals surface area contributed by atoms with Crippen LogP contribution in [-0.2, 0) is 11.3 Å². The fourth-order valence-electron chi connectivity index (χ4n) is 3.78. The first-order valence-corrected chi connectivity index (χ1v) is 9.80. The van der Waals surface area contributed by atoms with Gasteiger partial charge in [0.1, 0.15) is 12.4 Å². The average Bonchev–Trinajstić information content (AvgIpc) is 2.67. The third-order valence-corrected chi connectivity index (χ3v) is 5.15. The number of fused-ring (bicyclic) bond motifs is 1. The van der Waals surface area contributed by atoms with E-state index in [1.54, 1.807) is 0 Å². The minimum atomic E-state index is 0.599. The average molecular weight is 341 g/mol. The van der Waals surface area contributed by atoms with Crippen molar-refractivity contribution in [3.63, 3.8) is 0 Å². The fourth-order valence-corrected chi connectivity index (χ4v) is 3.78. The van der Waals surface area contributed by atoms with Gasteiger partial charge in [0.25, 0.3) is 0 Å². The van der Waals surface area contributed by atoms with Crippen molar-refractivity contribution >= 4 is 10.8 Å². The molecule has 2 aromatic rings. The highest BCUT2D eigenvalue weighted by Gasteiger charge is 2.14. The lowest BCUT2D eigenvalue weighted by Crippen LogP contribution is -2.24. The van der Waals surface area contributed by atoms with Gasteiger partial charge in [0.15, 0.2) is 0 Å². The molecule has 0 atom stereocenters. The predicted octanol–water partition coefficient (Wildman–Crippen LogP) is 4.93. The van der Waals surface area contributed by atoms with Crippen LogP contribution in [0.15, 0.2) is 36.4 Å². The van der Waals surface area contributed by atoms with Crippen LogP contribution in [0.4, 0.5) is 0 Å². The Morgan fingerprint density at radius 2 is 1.84 bits per heavy atom. The van der Waals surface area contributed by atoms with Crippen molar-refractivity contribution < 1.29 is 9.47 Å². The zero-order valence-corrected chi connectivity index (χ0v) is 15.4. The van der Waals surface area contributed by atoms with Crippen LogP contribution >= 0.6 is 0 Å². The summed E-state index contributed by atoms with van der Waals surface area (Å²) in [6.45, 7) is 5.96. The molecule has 1 saturated carbocycles. The number of hydrogen-bond donors (Lipinski definition) is 1. The van der Waals surface area contributed by atoms with Gasteiger partial charge in [0.2, 0.25) is 0 Å². The highest BCUT2D eigenvalue weighted by Crippen LogP contribution is 2.29. The molecule has 3 rings (SSSR count). The minimum Gasteiger partial charge on any atom is -0.491 e. The highest BCUT2D eigenvalue weighted by atomic mass is 16.5. The van der Waals surface area contributed by atoms with E-state index in [4.69, 9.17) is 9.47 Å².